The number of esters is 2. The third-order valence-corrected chi connectivity index (χ3v) is 1.23. The highest BCUT2D eigenvalue weighted by atomic mass is 16.5. The second kappa shape index (κ2) is 9.17. The van der Waals surface area contributed by atoms with Crippen molar-refractivity contribution in [2.45, 2.75) is 6.42 Å². The van der Waals surface area contributed by atoms with Crippen molar-refractivity contribution in [2.75, 3.05) is 26.4 Å². The maximum absolute atomic E-state index is 10.8. The zero-order valence-corrected chi connectivity index (χ0v) is 8.22. The first kappa shape index (κ1) is 13.6. The zero-order valence-electron chi connectivity index (χ0n) is 8.22. The summed E-state index contributed by atoms with van der Waals surface area (Å²) in [6, 6.07) is 0. The molecule has 0 aromatic heterocycles. The molecule has 15 heavy (non-hydrogen) atoms. The van der Waals surface area contributed by atoms with Crippen molar-refractivity contribution in [3.8, 4) is 0 Å². The van der Waals surface area contributed by atoms with Gasteiger partial charge in [0, 0.05) is 6.08 Å². The quantitative estimate of drug-likeness (QED) is 0.420. The molecule has 0 amide bonds. The molecule has 0 saturated heterocycles. The van der Waals surface area contributed by atoms with E-state index in [1.54, 1.807) is 0 Å². The van der Waals surface area contributed by atoms with Gasteiger partial charge in [-0.25, -0.2) is 4.79 Å². The van der Waals surface area contributed by atoms with E-state index in [0.717, 1.165) is 6.08 Å². The van der Waals surface area contributed by atoms with Crippen LogP contribution in [0.2, 0.25) is 0 Å². The molecule has 0 spiro atoms. The van der Waals surface area contributed by atoms with Crippen molar-refractivity contribution in [2.24, 2.45) is 0 Å². The van der Waals surface area contributed by atoms with E-state index in [1.807, 2.05) is 0 Å². The van der Waals surface area contributed by atoms with Crippen LogP contribution in [0.15, 0.2) is 12.2 Å². The van der Waals surface area contributed by atoms with Crippen LogP contribution in [0, 0.1) is 0 Å². The number of hydrogen-bond donors (Lipinski definition) is 2. The van der Waals surface area contributed by atoms with Gasteiger partial charge in [0.1, 0.15) is 13.2 Å². The molecule has 0 unspecified atom stereocenters. The second-order valence-electron chi connectivity index (χ2n) is 2.44. The van der Waals surface area contributed by atoms with Crippen molar-refractivity contribution in [1.29, 1.82) is 0 Å². The monoisotopic (exact) mass is 218 g/mol. The van der Waals surface area contributed by atoms with Gasteiger partial charge in [-0.3, -0.25) is 4.79 Å². The largest absolute Gasteiger partial charge is 0.463 e. The summed E-state index contributed by atoms with van der Waals surface area (Å²) in [6.07, 6.45) is 2.31. The Kier molecular flexibility index (Phi) is 8.31. The lowest BCUT2D eigenvalue weighted by Gasteiger charge is -1.99. The summed E-state index contributed by atoms with van der Waals surface area (Å²) in [7, 11) is 0. The third-order valence-electron chi connectivity index (χ3n) is 1.23. The maximum Gasteiger partial charge on any atom is 0.330 e. The van der Waals surface area contributed by atoms with Crippen LogP contribution in [0.5, 0.6) is 0 Å². The Hall–Kier alpha value is -1.40. The number of carbonyl (C=O) groups excluding carboxylic acids is 2. The van der Waals surface area contributed by atoms with Gasteiger partial charge in [0.25, 0.3) is 0 Å². The summed E-state index contributed by atoms with van der Waals surface area (Å²) >= 11 is 0. The molecule has 0 fully saturated rings. The molecule has 0 aliphatic carbocycles. The molecule has 6 heteroatoms. The first-order valence-electron chi connectivity index (χ1n) is 4.41. The van der Waals surface area contributed by atoms with Gasteiger partial charge in [0.2, 0.25) is 0 Å². The van der Waals surface area contributed by atoms with Gasteiger partial charge in [-0.1, -0.05) is 6.08 Å². The van der Waals surface area contributed by atoms with Crippen LogP contribution in [-0.4, -0.2) is 48.6 Å². The summed E-state index contributed by atoms with van der Waals surface area (Å²) < 4.78 is 9.01. The van der Waals surface area contributed by atoms with Crippen LogP contribution in [0.3, 0.4) is 0 Å². The fraction of sp³-hybridized carbons (Fsp3) is 0.556. The van der Waals surface area contributed by atoms with Crippen molar-refractivity contribution < 1.29 is 29.3 Å². The maximum atomic E-state index is 10.8. The normalized spacial score (nSPS) is 10.3. The Labute approximate surface area is 87.1 Å². The fourth-order valence-electron chi connectivity index (χ4n) is 0.664. The Morgan fingerprint density at radius 2 is 1.67 bits per heavy atom. The SMILES string of the molecule is O=C(C=CCC(=O)OCCO)OCCO. The van der Waals surface area contributed by atoms with Crippen molar-refractivity contribution in [1.82, 2.24) is 0 Å². The lowest BCUT2D eigenvalue weighted by molar-refractivity contribution is -0.143. The molecule has 0 aliphatic heterocycles. The minimum Gasteiger partial charge on any atom is -0.463 e. The van der Waals surface area contributed by atoms with Crippen LogP contribution in [-0.2, 0) is 19.1 Å². The number of hydrogen-bond acceptors (Lipinski definition) is 6. The molecule has 0 atom stereocenters. The van der Waals surface area contributed by atoms with Crippen molar-refractivity contribution >= 4 is 11.9 Å². The summed E-state index contributed by atoms with van der Waals surface area (Å²) in [4.78, 5) is 21.6. The molecule has 0 saturated carbocycles. The third kappa shape index (κ3) is 8.92. The number of carbonyl (C=O) groups is 2. The standard InChI is InChI=1S/C9H14O6/c10-4-6-14-8(12)2-1-3-9(13)15-7-5-11/h1-2,10-11H,3-7H2. The molecule has 0 aromatic rings. The molecular formula is C9H14O6. The van der Waals surface area contributed by atoms with Crippen LogP contribution in [0.25, 0.3) is 0 Å². The Balaban J connectivity index is 3.59. The van der Waals surface area contributed by atoms with Gasteiger partial charge in [0.15, 0.2) is 0 Å². The van der Waals surface area contributed by atoms with Crippen LogP contribution < -0.4 is 0 Å². The Morgan fingerprint density at radius 3 is 2.27 bits per heavy atom. The first-order valence-corrected chi connectivity index (χ1v) is 4.41. The first-order chi connectivity index (χ1) is 7.20. The molecule has 0 rings (SSSR count). The molecule has 2 N–H and O–H groups in total. The Morgan fingerprint density at radius 1 is 1.07 bits per heavy atom. The number of ether oxygens (including phenoxy) is 2. The van der Waals surface area contributed by atoms with E-state index in [2.05, 4.69) is 9.47 Å². The van der Waals surface area contributed by atoms with Gasteiger partial charge in [-0.15, -0.1) is 0 Å². The van der Waals surface area contributed by atoms with Crippen LogP contribution in [0.1, 0.15) is 6.42 Å². The molecule has 6 nitrogen and oxygen atoms in total. The summed E-state index contributed by atoms with van der Waals surface area (Å²) in [5.74, 6) is -1.16. The molecule has 0 aromatic carbocycles. The predicted octanol–water partition coefficient (Wildman–Crippen LogP) is -0.996. The number of aliphatic hydroxyl groups excluding tert-OH is 2. The van der Waals surface area contributed by atoms with E-state index in [1.165, 1.54) is 6.08 Å². The van der Waals surface area contributed by atoms with E-state index < -0.39 is 11.9 Å². The van der Waals surface area contributed by atoms with Gasteiger partial charge < -0.3 is 19.7 Å². The summed E-state index contributed by atoms with van der Waals surface area (Å²) in [5.41, 5.74) is 0. The molecule has 0 radical (unpaired) electrons. The zero-order chi connectivity index (χ0) is 11.5. The summed E-state index contributed by atoms with van der Waals surface area (Å²) in [6.45, 7) is -0.591. The molecule has 0 bridgehead atoms. The van der Waals surface area contributed by atoms with Crippen LogP contribution >= 0.6 is 0 Å². The minimum absolute atomic E-state index is 0.0539. The highest BCUT2D eigenvalue weighted by molar-refractivity contribution is 5.83. The highest BCUT2D eigenvalue weighted by Crippen LogP contribution is 1.90. The fourth-order valence-corrected chi connectivity index (χ4v) is 0.664. The van der Waals surface area contributed by atoms with E-state index in [-0.39, 0.29) is 32.8 Å². The van der Waals surface area contributed by atoms with E-state index in [0.29, 0.717) is 0 Å². The Bertz CT molecular complexity index is 223. The van der Waals surface area contributed by atoms with Gasteiger partial charge in [-0.2, -0.15) is 0 Å². The smallest absolute Gasteiger partial charge is 0.330 e. The predicted molar refractivity (Wildman–Crippen MR) is 49.8 cm³/mol. The van der Waals surface area contributed by atoms with E-state index in [4.69, 9.17) is 10.2 Å². The van der Waals surface area contributed by atoms with E-state index in [9.17, 15) is 9.59 Å². The average molecular weight is 218 g/mol. The molecule has 0 aliphatic rings. The van der Waals surface area contributed by atoms with Gasteiger partial charge in [0.05, 0.1) is 19.6 Å². The topological polar surface area (TPSA) is 93.1 Å². The summed E-state index contributed by atoms with van der Waals surface area (Å²) in [5, 5.41) is 16.7. The molecular weight excluding hydrogens is 204 g/mol. The molecule has 0 heterocycles. The minimum atomic E-state index is -0.626. The lowest BCUT2D eigenvalue weighted by atomic mass is 10.4. The van der Waals surface area contributed by atoms with Crippen molar-refractivity contribution in [3.63, 3.8) is 0 Å². The lowest BCUT2D eigenvalue weighted by Crippen LogP contribution is -2.08. The van der Waals surface area contributed by atoms with Gasteiger partial charge in [-0.05, 0) is 0 Å². The second-order valence-corrected chi connectivity index (χ2v) is 2.44. The van der Waals surface area contributed by atoms with E-state index >= 15 is 0 Å². The number of aliphatic hydroxyl groups is 2. The average Bonchev–Trinajstić information content (AvgIpc) is 2.23. The molecule has 86 valence electrons. The number of rotatable bonds is 7. The highest BCUT2D eigenvalue weighted by Gasteiger charge is 2.00. The van der Waals surface area contributed by atoms with Crippen LogP contribution in [0.4, 0.5) is 0 Å². The van der Waals surface area contributed by atoms with Gasteiger partial charge >= 0.3 is 11.9 Å². The van der Waals surface area contributed by atoms with Crippen molar-refractivity contribution in [3.05, 3.63) is 12.2 Å².